The van der Waals surface area contributed by atoms with Crippen LogP contribution in [0.15, 0.2) is 54.6 Å². The van der Waals surface area contributed by atoms with Gasteiger partial charge < -0.3 is 4.74 Å². The molecule has 1 aliphatic rings. The molecule has 1 fully saturated rings. The van der Waals surface area contributed by atoms with E-state index in [1.54, 1.807) is 0 Å². The fraction of sp³-hybridized carbons (Fsp3) is 0.381. The molecule has 3 heteroatoms. The highest BCUT2D eigenvalue weighted by atomic mass is 16.5. The molecule has 0 radical (unpaired) electrons. The quantitative estimate of drug-likeness (QED) is 0.849. The predicted octanol–water partition coefficient (Wildman–Crippen LogP) is 4.16. The van der Waals surface area contributed by atoms with Crippen molar-refractivity contribution in [1.29, 1.82) is 5.26 Å². The Morgan fingerprint density at radius 2 is 1.92 bits per heavy atom. The summed E-state index contributed by atoms with van der Waals surface area (Å²) in [5.41, 5.74) is 3.14. The smallest absolute Gasteiger partial charge is 0.0991 e. The minimum absolute atomic E-state index is 0.103. The summed E-state index contributed by atoms with van der Waals surface area (Å²) in [6.07, 6.45) is 0.328. The molecule has 1 aliphatic heterocycles. The van der Waals surface area contributed by atoms with Gasteiger partial charge in [0.05, 0.1) is 23.8 Å². The lowest BCUT2D eigenvalue weighted by atomic mass is 10.0. The molecular weight excluding hydrogens is 296 g/mol. The Labute approximate surface area is 144 Å². The standard InChI is InChI=1S/C21H24N2O/c1-16(2)20-14-23(13-18-8-6-7-17(11-18)12-22)15-21(24-20)19-9-4-3-5-10-19/h3-11,16,20-21H,13-15H2,1-2H3/t20-,21+/m1/s1. The fourth-order valence-electron chi connectivity index (χ4n) is 3.21. The lowest BCUT2D eigenvalue weighted by Gasteiger charge is -2.40. The summed E-state index contributed by atoms with van der Waals surface area (Å²) in [6.45, 7) is 7.09. The van der Waals surface area contributed by atoms with Crippen LogP contribution in [0.4, 0.5) is 0 Å². The highest BCUT2D eigenvalue weighted by Crippen LogP contribution is 2.29. The maximum Gasteiger partial charge on any atom is 0.0991 e. The monoisotopic (exact) mass is 320 g/mol. The number of nitrogens with zero attached hydrogens (tertiary/aromatic N) is 2. The van der Waals surface area contributed by atoms with E-state index in [0.29, 0.717) is 5.92 Å². The van der Waals surface area contributed by atoms with Crippen molar-refractivity contribution in [3.63, 3.8) is 0 Å². The second-order valence-electron chi connectivity index (χ2n) is 6.82. The summed E-state index contributed by atoms with van der Waals surface area (Å²) in [6, 6.07) is 20.6. The molecule has 3 nitrogen and oxygen atoms in total. The molecule has 0 aliphatic carbocycles. The minimum Gasteiger partial charge on any atom is -0.367 e. The van der Waals surface area contributed by atoms with Crippen molar-refractivity contribution in [2.45, 2.75) is 32.6 Å². The molecule has 2 aromatic rings. The van der Waals surface area contributed by atoms with E-state index in [4.69, 9.17) is 10.00 Å². The topological polar surface area (TPSA) is 36.3 Å². The minimum atomic E-state index is 0.103. The summed E-state index contributed by atoms with van der Waals surface area (Å²) in [5.74, 6) is 0.476. The summed E-state index contributed by atoms with van der Waals surface area (Å²) >= 11 is 0. The molecule has 3 rings (SSSR count). The van der Waals surface area contributed by atoms with Crippen LogP contribution < -0.4 is 0 Å². The number of hydrogen-bond acceptors (Lipinski definition) is 3. The number of rotatable bonds is 4. The van der Waals surface area contributed by atoms with Gasteiger partial charge >= 0.3 is 0 Å². The van der Waals surface area contributed by atoms with Crippen molar-refractivity contribution < 1.29 is 4.74 Å². The van der Waals surface area contributed by atoms with Crippen LogP contribution in [0.3, 0.4) is 0 Å². The Kier molecular flexibility index (Phi) is 5.30. The lowest BCUT2D eigenvalue weighted by molar-refractivity contribution is -0.107. The first-order valence-electron chi connectivity index (χ1n) is 8.57. The maximum absolute atomic E-state index is 9.09. The normalized spacial score (nSPS) is 21.6. The average molecular weight is 320 g/mol. The molecule has 0 N–H and O–H groups in total. The van der Waals surface area contributed by atoms with Gasteiger partial charge in [0.15, 0.2) is 0 Å². The van der Waals surface area contributed by atoms with E-state index in [1.807, 2.05) is 24.3 Å². The molecule has 0 aromatic heterocycles. The first-order chi connectivity index (χ1) is 11.7. The number of hydrogen-bond donors (Lipinski definition) is 0. The zero-order valence-corrected chi connectivity index (χ0v) is 14.4. The van der Waals surface area contributed by atoms with Gasteiger partial charge in [0.2, 0.25) is 0 Å². The zero-order chi connectivity index (χ0) is 16.9. The SMILES string of the molecule is CC(C)[C@H]1CN(Cc2cccc(C#N)c2)C[C@@H](c2ccccc2)O1. The van der Waals surface area contributed by atoms with E-state index >= 15 is 0 Å². The molecular formula is C21H24N2O. The van der Waals surface area contributed by atoms with E-state index in [-0.39, 0.29) is 12.2 Å². The van der Waals surface area contributed by atoms with Gasteiger partial charge in [0.25, 0.3) is 0 Å². The Morgan fingerprint density at radius 3 is 2.62 bits per heavy atom. The second kappa shape index (κ2) is 7.61. The molecule has 0 spiro atoms. The highest BCUT2D eigenvalue weighted by molar-refractivity contribution is 5.32. The predicted molar refractivity (Wildman–Crippen MR) is 95.3 cm³/mol. The van der Waals surface area contributed by atoms with Crippen molar-refractivity contribution in [1.82, 2.24) is 4.90 Å². The van der Waals surface area contributed by atoms with Crippen molar-refractivity contribution in [3.8, 4) is 6.07 Å². The van der Waals surface area contributed by atoms with Crippen LogP contribution in [-0.2, 0) is 11.3 Å². The van der Waals surface area contributed by atoms with Gasteiger partial charge in [-0.15, -0.1) is 0 Å². The van der Waals surface area contributed by atoms with Gasteiger partial charge in [0, 0.05) is 19.6 Å². The van der Waals surface area contributed by atoms with Crippen LogP contribution in [0.2, 0.25) is 0 Å². The summed E-state index contributed by atoms with van der Waals surface area (Å²) < 4.78 is 6.35. The van der Waals surface area contributed by atoms with Gasteiger partial charge in [0.1, 0.15) is 0 Å². The number of benzene rings is 2. The molecule has 1 saturated heterocycles. The molecule has 0 amide bonds. The first kappa shape index (κ1) is 16.7. The Balaban J connectivity index is 1.77. The summed E-state index contributed by atoms with van der Waals surface area (Å²) in [5, 5.41) is 9.09. The van der Waals surface area contributed by atoms with Gasteiger partial charge in [-0.05, 0) is 29.2 Å². The van der Waals surface area contributed by atoms with E-state index in [0.717, 1.165) is 25.2 Å². The van der Waals surface area contributed by atoms with Crippen LogP contribution in [0.1, 0.15) is 36.6 Å². The molecule has 2 aromatic carbocycles. The molecule has 24 heavy (non-hydrogen) atoms. The van der Waals surface area contributed by atoms with Crippen LogP contribution in [0.5, 0.6) is 0 Å². The average Bonchev–Trinajstić information content (AvgIpc) is 2.62. The van der Waals surface area contributed by atoms with Crippen LogP contribution >= 0.6 is 0 Å². The van der Waals surface area contributed by atoms with Crippen LogP contribution in [0, 0.1) is 17.2 Å². The molecule has 1 heterocycles. The highest BCUT2D eigenvalue weighted by Gasteiger charge is 2.30. The van der Waals surface area contributed by atoms with E-state index in [2.05, 4.69) is 55.1 Å². The van der Waals surface area contributed by atoms with Crippen molar-refractivity contribution >= 4 is 0 Å². The summed E-state index contributed by atoms with van der Waals surface area (Å²) in [7, 11) is 0. The van der Waals surface area contributed by atoms with Gasteiger partial charge in [-0.1, -0.05) is 56.3 Å². The van der Waals surface area contributed by atoms with Gasteiger partial charge in [-0.3, -0.25) is 4.90 Å². The molecule has 0 unspecified atom stereocenters. The number of morpholine rings is 1. The van der Waals surface area contributed by atoms with E-state index in [1.165, 1.54) is 11.1 Å². The van der Waals surface area contributed by atoms with Gasteiger partial charge in [-0.25, -0.2) is 0 Å². The van der Waals surface area contributed by atoms with E-state index in [9.17, 15) is 0 Å². The third-order valence-electron chi connectivity index (χ3n) is 4.58. The van der Waals surface area contributed by atoms with E-state index < -0.39 is 0 Å². The molecule has 0 saturated carbocycles. The molecule has 2 atom stereocenters. The van der Waals surface area contributed by atoms with Crippen LogP contribution in [0.25, 0.3) is 0 Å². The third-order valence-corrected chi connectivity index (χ3v) is 4.58. The number of ether oxygens (including phenoxy) is 1. The Hall–Kier alpha value is -2.15. The van der Waals surface area contributed by atoms with Crippen molar-refractivity contribution in [2.75, 3.05) is 13.1 Å². The molecule has 0 bridgehead atoms. The lowest BCUT2D eigenvalue weighted by Crippen LogP contribution is -2.45. The third kappa shape index (κ3) is 4.03. The van der Waals surface area contributed by atoms with Crippen molar-refractivity contribution in [2.24, 2.45) is 5.92 Å². The zero-order valence-electron chi connectivity index (χ0n) is 14.4. The fourth-order valence-corrected chi connectivity index (χ4v) is 3.21. The second-order valence-corrected chi connectivity index (χ2v) is 6.82. The maximum atomic E-state index is 9.09. The van der Waals surface area contributed by atoms with Gasteiger partial charge in [-0.2, -0.15) is 5.26 Å². The first-order valence-corrected chi connectivity index (χ1v) is 8.57. The number of nitriles is 1. The largest absolute Gasteiger partial charge is 0.367 e. The molecule has 124 valence electrons. The van der Waals surface area contributed by atoms with Crippen molar-refractivity contribution in [3.05, 3.63) is 71.3 Å². The Morgan fingerprint density at radius 1 is 1.12 bits per heavy atom. The summed E-state index contributed by atoms with van der Waals surface area (Å²) in [4.78, 5) is 2.45. The Bertz CT molecular complexity index is 705. The van der Waals surface area contributed by atoms with Crippen LogP contribution in [-0.4, -0.2) is 24.1 Å².